The summed E-state index contributed by atoms with van der Waals surface area (Å²) in [5, 5.41) is 0. The van der Waals surface area contributed by atoms with E-state index < -0.39 is 7.44 Å². The lowest BCUT2D eigenvalue weighted by molar-refractivity contribution is 0.231. The predicted octanol–water partition coefficient (Wildman–Crippen LogP) is 6.87. The van der Waals surface area contributed by atoms with Gasteiger partial charge in [0, 0.05) is 37.6 Å². The largest absolute Gasteiger partial charge is 0.304 e. The standard InChI is InChI=1S/C28H32N3OP/c1-23-13-15-25(16-14-23)28(29-19-17-24(2)18-20-29)33(32)30(26-9-5-3-6-10-26)21-22-31(33)27-11-7-4-8-12-27/h3-16,28H,2,17-22H2,1H3. The fourth-order valence-corrected chi connectivity index (χ4v) is 8.79. The van der Waals surface area contributed by atoms with Gasteiger partial charge in [0.15, 0.2) is 0 Å². The topological polar surface area (TPSA) is 26.8 Å². The third kappa shape index (κ3) is 4.14. The summed E-state index contributed by atoms with van der Waals surface area (Å²) in [6, 6.07) is 29.2. The third-order valence-electron chi connectivity index (χ3n) is 6.87. The first-order valence-electron chi connectivity index (χ1n) is 11.8. The van der Waals surface area contributed by atoms with Crippen LogP contribution in [0, 0.1) is 6.92 Å². The zero-order valence-electron chi connectivity index (χ0n) is 19.3. The summed E-state index contributed by atoms with van der Waals surface area (Å²) in [5.74, 6) is -0.214. The molecule has 5 heteroatoms. The number of benzene rings is 3. The molecule has 5 rings (SSSR count). The molecule has 0 spiro atoms. The Hall–Kier alpha value is -2.81. The van der Waals surface area contributed by atoms with Gasteiger partial charge in [0.2, 0.25) is 0 Å². The molecule has 33 heavy (non-hydrogen) atoms. The molecule has 0 amide bonds. The Bertz CT molecular complexity index is 1090. The molecule has 2 saturated heterocycles. The van der Waals surface area contributed by atoms with Gasteiger partial charge in [-0.3, -0.25) is 9.46 Å². The Balaban J connectivity index is 1.68. The lowest BCUT2D eigenvalue weighted by Gasteiger charge is -2.44. The SMILES string of the molecule is C=C1CCN(C(c2ccc(C)cc2)P2(=O)N(c3ccccc3)CCN2c2ccccc2)CC1. The number of nitrogens with zero attached hydrogens (tertiary/aromatic N) is 3. The highest BCUT2D eigenvalue weighted by molar-refractivity contribution is 7.67. The molecule has 2 fully saturated rings. The molecule has 2 aliphatic heterocycles. The minimum atomic E-state index is -3.11. The Morgan fingerprint density at radius 3 is 1.70 bits per heavy atom. The minimum absolute atomic E-state index is 0.214. The number of hydrogen-bond acceptors (Lipinski definition) is 2. The molecule has 0 aromatic heterocycles. The van der Waals surface area contributed by atoms with Crippen LogP contribution in [0.25, 0.3) is 0 Å². The molecule has 0 aliphatic carbocycles. The van der Waals surface area contributed by atoms with Gasteiger partial charge in [0.05, 0.1) is 0 Å². The van der Waals surface area contributed by atoms with Crippen molar-refractivity contribution < 1.29 is 4.57 Å². The number of likely N-dealkylation sites (tertiary alicyclic amines) is 1. The zero-order valence-corrected chi connectivity index (χ0v) is 20.2. The third-order valence-corrected chi connectivity index (χ3v) is 10.4. The van der Waals surface area contributed by atoms with Crippen LogP contribution in [-0.2, 0) is 4.57 Å². The van der Waals surface area contributed by atoms with Gasteiger partial charge in [0.25, 0.3) is 7.44 Å². The van der Waals surface area contributed by atoms with Gasteiger partial charge in [-0.15, -0.1) is 0 Å². The van der Waals surface area contributed by atoms with Crippen molar-refractivity contribution in [3.63, 3.8) is 0 Å². The van der Waals surface area contributed by atoms with Crippen molar-refractivity contribution in [2.45, 2.75) is 25.5 Å². The summed E-state index contributed by atoms with van der Waals surface area (Å²) in [6.07, 6.45) is 1.91. The fraction of sp³-hybridized carbons (Fsp3) is 0.286. The van der Waals surface area contributed by atoms with Crippen molar-refractivity contribution in [1.82, 2.24) is 4.90 Å². The first-order chi connectivity index (χ1) is 16.1. The number of para-hydroxylation sites is 2. The van der Waals surface area contributed by atoms with Gasteiger partial charge in [-0.1, -0.05) is 78.4 Å². The fourth-order valence-electron chi connectivity index (χ4n) is 5.10. The van der Waals surface area contributed by atoms with E-state index in [-0.39, 0.29) is 5.78 Å². The monoisotopic (exact) mass is 457 g/mol. The second-order valence-electron chi connectivity index (χ2n) is 9.08. The van der Waals surface area contributed by atoms with Crippen LogP contribution in [0.3, 0.4) is 0 Å². The highest BCUT2D eigenvalue weighted by atomic mass is 31.2. The highest BCUT2D eigenvalue weighted by Gasteiger charge is 2.52. The minimum Gasteiger partial charge on any atom is -0.304 e. The Labute approximate surface area is 197 Å². The van der Waals surface area contributed by atoms with Crippen LogP contribution in [0.4, 0.5) is 11.4 Å². The molecule has 2 heterocycles. The summed E-state index contributed by atoms with van der Waals surface area (Å²) in [4.78, 5) is 2.44. The van der Waals surface area contributed by atoms with Crippen molar-refractivity contribution in [2.75, 3.05) is 35.5 Å². The van der Waals surface area contributed by atoms with E-state index in [2.05, 4.69) is 76.3 Å². The summed E-state index contributed by atoms with van der Waals surface area (Å²) in [6.45, 7) is 9.55. The van der Waals surface area contributed by atoms with Crippen LogP contribution in [0.2, 0.25) is 0 Å². The van der Waals surface area contributed by atoms with Crippen molar-refractivity contribution in [3.05, 3.63) is 108 Å². The van der Waals surface area contributed by atoms with Crippen LogP contribution in [0.5, 0.6) is 0 Å². The number of anilines is 2. The molecule has 0 bridgehead atoms. The van der Waals surface area contributed by atoms with Crippen molar-refractivity contribution in [2.24, 2.45) is 0 Å². The van der Waals surface area contributed by atoms with Gasteiger partial charge in [-0.2, -0.15) is 0 Å². The quantitative estimate of drug-likeness (QED) is 0.309. The number of hydrogen-bond donors (Lipinski definition) is 0. The Kier molecular flexibility index (Phi) is 6.14. The predicted molar refractivity (Wildman–Crippen MR) is 139 cm³/mol. The lowest BCUT2D eigenvalue weighted by Crippen LogP contribution is -2.39. The van der Waals surface area contributed by atoms with E-state index >= 15 is 4.57 Å². The van der Waals surface area contributed by atoms with E-state index in [9.17, 15) is 0 Å². The smallest absolute Gasteiger partial charge is 0.284 e. The molecule has 0 saturated carbocycles. The maximum atomic E-state index is 15.6. The van der Waals surface area contributed by atoms with Gasteiger partial charge >= 0.3 is 0 Å². The lowest BCUT2D eigenvalue weighted by atomic mass is 10.0. The van der Waals surface area contributed by atoms with E-state index in [0.29, 0.717) is 0 Å². The Morgan fingerprint density at radius 2 is 1.21 bits per heavy atom. The molecule has 3 aromatic rings. The van der Waals surface area contributed by atoms with E-state index in [1.807, 2.05) is 36.4 Å². The zero-order chi connectivity index (χ0) is 22.8. The molecule has 0 N–H and O–H groups in total. The van der Waals surface area contributed by atoms with Crippen molar-refractivity contribution >= 4 is 18.8 Å². The highest BCUT2D eigenvalue weighted by Crippen LogP contribution is 2.70. The van der Waals surface area contributed by atoms with Crippen molar-refractivity contribution in [3.8, 4) is 0 Å². The summed E-state index contributed by atoms with van der Waals surface area (Å²) in [5.41, 5.74) is 5.68. The van der Waals surface area contributed by atoms with E-state index in [1.165, 1.54) is 11.1 Å². The van der Waals surface area contributed by atoms with Crippen LogP contribution >= 0.6 is 7.44 Å². The normalized spacial score (nSPS) is 19.6. The number of aryl methyl sites for hydroxylation is 1. The second kappa shape index (κ2) is 9.21. The maximum absolute atomic E-state index is 15.6. The first-order valence-corrected chi connectivity index (χ1v) is 13.5. The second-order valence-corrected chi connectivity index (χ2v) is 11.7. The summed E-state index contributed by atoms with van der Waals surface area (Å²) >= 11 is 0. The molecule has 2 aliphatic rings. The average molecular weight is 458 g/mol. The molecular weight excluding hydrogens is 425 g/mol. The van der Waals surface area contributed by atoms with Gasteiger partial charge in [0.1, 0.15) is 5.78 Å². The van der Waals surface area contributed by atoms with E-state index in [0.717, 1.165) is 56.0 Å². The summed E-state index contributed by atoms with van der Waals surface area (Å²) < 4.78 is 20.0. The van der Waals surface area contributed by atoms with Crippen LogP contribution in [-0.4, -0.2) is 31.1 Å². The van der Waals surface area contributed by atoms with E-state index in [1.54, 1.807) is 0 Å². The molecular formula is C28H32N3OP. The molecule has 1 unspecified atom stereocenters. The van der Waals surface area contributed by atoms with Crippen LogP contribution in [0.1, 0.15) is 29.8 Å². The molecule has 170 valence electrons. The van der Waals surface area contributed by atoms with Crippen LogP contribution < -0.4 is 9.34 Å². The van der Waals surface area contributed by atoms with Gasteiger partial charge in [-0.25, -0.2) is 0 Å². The van der Waals surface area contributed by atoms with Gasteiger partial charge < -0.3 is 9.34 Å². The number of piperidine rings is 1. The molecule has 3 aromatic carbocycles. The first kappa shape index (κ1) is 22.0. The average Bonchev–Trinajstić information content (AvgIpc) is 3.20. The maximum Gasteiger partial charge on any atom is 0.284 e. The number of rotatable bonds is 5. The molecule has 1 atom stereocenters. The molecule has 0 radical (unpaired) electrons. The van der Waals surface area contributed by atoms with Gasteiger partial charge in [-0.05, 0) is 49.6 Å². The van der Waals surface area contributed by atoms with Crippen molar-refractivity contribution in [1.29, 1.82) is 0 Å². The Morgan fingerprint density at radius 1 is 0.727 bits per heavy atom. The summed E-state index contributed by atoms with van der Waals surface area (Å²) in [7, 11) is -3.11. The molecule has 4 nitrogen and oxygen atoms in total. The van der Waals surface area contributed by atoms with Crippen LogP contribution in [0.15, 0.2) is 97.1 Å². The van der Waals surface area contributed by atoms with E-state index in [4.69, 9.17) is 0 Å².